The quantitative estimate of drug-likeness (QED) is 0.467. The van der Waals surface area contributed by atoms with E-state index >= 15 is 0 Å². The van der Waals surface area contributed by atoms with Crippen LogP contribution in [0, 0.1) is 10.1 Å². The number of nitrogens with one attached hydrogen (secondary N) is 1. The minimum Gasteiger partial charge on any atom is -0.500 e. The third-order valence-electron chi connectivity index (χ3n) is 1.93. The Morgan fingerprint density at radius 3 is 2.78 bits per heavy atom. The number of aromatic hydroxyl groups is 1. The summed E-state index contributed by atoms with van der Waals surface area (Å²) in [5.74, 6) is -0.973. The first kappa shape index (κ1) is 13.4. The molecule has 8 heteroatoms. The van der Waals surface area contributed by atoms with E-state index in [2.05, 4.69) is 10.5 Å². The molecule has 1 amide bonds. The summed E-state index contributed by atoms with van der Waals surface area (Å²) < 4.78 is 4.80. The second-order valence-corrected chi connectivity index (χ2v) is 3.27. The summed E-state index contributed by atoms with van der Waals surface area (Å²) in [5, 5.41) is 23.8. The van der Waals surface area contributed by atoms with Crippen molar-refractivity contribution < 1.29 is 19.6 Å². The molecule has 1 aromatic carbocycles. The second-order valence-electron chi connectivity index (χ2n) is 3.27. The van der Waals surface area contributed by atoms with Crippen molar-refractivity contribution in [2.24, 2.45) is 5.10 Å². The number of phenols is 1. The first-order chi connectivity index (χ1) is 8.45. The molecule has 0 saturated carbocycles. The lowest BCUT2D eigenvalue weighted by Gasteiger charge is -2.04. The number of nitro groups is 1. The van der Waals surface area contributed by atoms with Crippen LogP contribution in [0.25, 0.3) is 0 Å². The van der Waals surface area contributed by atoms with Crippen LogP contribution in [-0.2, 0) is 4.79 Å². The van der Waals surface area contributed by atoms with Gasteiger partial charge >= 0.3 is 5.69 Å². The first-order valence-electron chi connectivity index (χ1n) is 4.80. The van der Waals surface area contributed by atoms with Crippen molar-refractivity contribution in [3.8, 4) is 11.5 Å². The van der Waals surface area contributed by atoms with Crippen LogP contribution in [0.15, 0.2) is 17.2 Å². The molecule has 0 heterocycles. The SMILES string of the molecule is COc1cc(/C=N/NC(C)=O)cc([N+](=O)[O-])c1O. The molecular formula is C10H11N3O5. The predicted octanol–water partition coefficient (Wildman–Crippen LogP) is 0.779. The van der Waals surface area contributed by atoms with Crippen molar-refractivity contribution in [2.75, 3.05) is 7.11 Å². The zero-order valence-corrected chi connectivity index (χ0v) is 9.71. The summed E-state index contributed by atoms with van der Waals surface area (Å²) in [6.45, 7) is 1.27. The summed E-state index contributed by atoms with van der Waals surface area (Å²) >= 11 is 0. The smallest absolute Gasteiger partial charge is 0.315 e. The fraction of sp³-hybridized carbons (Fsp3) is 0.200. The zero-order chi connectivity index (χ0) is 13.7. The number of carbonyl (C=O) groups excluding carboxylic acids is 1. The van der Waals surface area contributed by atoms with Crippen molar-refractivity contribution in [3.05, 3.63) is 27.8 Å². The third-order valence-corrected chi connectivity index (χ3v) is 1.93. The maximum atomic E-state index is 10.7. The fourth-order valence-corrected chi connectivity index (χ4v) is 1.18. The van der Waals surface area contributed by atoms with Crippen LogP contribution in [0.4, 0.5) is 5.69 Å². The number of methoxy groups -OCH3 is 1. The number of phenolic OH excluding ortho intramolecular Hbond substituents is 1. The van der Waals surface area contributed by atoms with Gasteiger partial charge in [-0.1, -0.05) is 0 Å². The van der Waals surface area contributed by atoms with E-state index in [1.165, 1.54) is 26.3 Å². The van der Waals surface area contributed by atoms with Gasteiger partial charge in [0.25, 0.3) is 0 Å². The average molecular weight is 253 g/mol. The van der Waals surface area contributed by atoms with Crippen LogP contribution in [0.5, 0.6) is 11.5 Å². The molecule has 0 unspecified atom stereocenters. The van der Waals surface area contributed by atoms with Gasteiger partial charge in [-0.3, -0.25) is 14.9 Å². The van der Waals surface area contributed by atoms with Gasteiger partial charge < -0.3 is 9.84 Å². The van der Waals surface area contributed by atoms with Crippen LogP contribution in [0.1, 0.15) is 12.5 Å². The fourth-order valence-electron chi connectivity index (χ4n) is 1.18. The van der Waals surface area contributed by atoms with Gasteiger partial charge in [0.1, 0.15) is 0 Å². The maximum absolute atomic E-state index is 10.7. The monoisotopic (exact) mass is 253 g/mol. The Labute approximate surface area is 102 Å². The predicted molar refractivity (Wildman–Crippen MR) is 62.7 cm³/mol. The molecule has 2 N–H and O–H groups in total. The van der Waals surface area contributed by atoms with Gasteiger partial charge in [0.15, 0.2) is 5.75 Å². The molecule has 0 aliphatic rings. The number of amides is 1. The summed E-state index contributed by atoms with van der Waals surface area (Å²) in [6.07, 6.45) is 1.20. The lowest BCUT2D eigenvalue weighted by Crippen LogP contribution is -2.12. The van der Waals surface area contributed by atoms with Crippen LogP contribution in [0.3, 0.4) is 0 Å². The van der Waals surface area contributed by atoms with Gasteiger partial charge in [-0.25, -0.2) is 5.43 Å². The van der Waals surface area contributed by atoms with Crippen molar-refractivity contribution in [1.82, 2.24) is 5.43 Å². The van der Waals surface area contributed by atoms with Crippen molar-refractivity contribution >= 4 is 17.8 Å². The molecule has 0 bridgehead atoms. The zero-order valence-electron chi connectivity index (χ0n) is 9.71. The van der Waals surface area contributed by atoms with Gasteiger partial charge in [0.05, 0.1) is 18.2 Å². The second kappa shape index (κ2) is 5.62. The average Bonchev–Trinajstić information content (AvgIpc) is 2.30. The molecule has 0 fully saturated rings. The normalized spacial score (nSPS) is 10.3. The highest BCUT2D eigenvalue weighted by molar-refractivity contribution is 5.84. The Kier molecular flexibility index (Phi) is 4.19. The van der Waals surface area contributed by atoms with Crippen LogP contribution < -0.4 is 10.2 Å². The molecule has 1 rings (SSSR count). The largest absolute Gasteiger partial charge is 0.500 e. The molecule has 8 nitrogen and oxygen atoms in total. The van der Waals surface area contributed by atoms with E-state index in [4.69, 9.17) is 4.74 Å². The van der Waals surface area contributed by atoms with E-state index in [1.807, 2.05) is 0 Å². The minimum absolute atomic E-state index is 0.0477. The summed E-state index contributed by atoms with van der Waals surface area (Å²) in [6, 6.07) is 2.47. The number of nitrogens with zero attached hydrogens (tertiary/aromatic N) is 2. The number of ether oxygens (including phenoxy) is 1. The Bertz CT molecular complexity index is 512. The lowest BCUT2D eigenvalue weighted by atomic mass is 10.2. The Morgan fingerprint density at radius 2 is 2.28 bits per heavy atom. The van der Waals surface area contributed by atoms with E-state index in [1.54, 1.807) is 0 Å². The molecular weight excluding hydrogens is 242 g/mol. The van der Waals surface area contributed by atoms with E-state index in [-0.39, 0.29) is 11.7 Å². The molecule has 0 aromatic heterocycles. The number of hydrogen-bond donors (Lipinski definition) is 2. The van der Waals surface area contributed by atoms with Crippen molar-refractivity contribution in [2.45, 2.75) is 6.92 Å². The molecule has 0 aliphatic carbocycles. The van der Waals surface area contributed by atoms with Crippen LogP contribution in [0.2, 0.25) is 0 Å². The topological polar surface area (TPSA) is 114 Å². The van der Waals surface area contributed by atoms with Gasteiger partial charge in [-0.2, -0.15) is 5.10 Å². The van der Waals surface area contributed by atoms with Gasteiger partial charge in [0, 0.05) is 18.6 Å². The van der Waals surface area contributed by atoms with E-state index in [0.717, 1.165) is 6.07 Å². The maximum Gasteiger partial charge on any atom is 0.315 e. The molecule has 96 valence electrons. The molecule has 0 spiro atoms. The number of carbonyl (C=O) groups is 1. The molecule has 18 heavy (non-hydrogen) atoms. The molecule has 0 radical (unpaired) electrons. The van der Waals surface area contributed by atoms with E-state index in [9.17, 15) is 20.0 Å². The van der Waals surface area contributed by atoms with Crippen LogP contribution >= 0.6 is 0 Å². The van der Waals surface area contributed by atoms with Crippen molar-refractivity contribution in [1.29, 1.82) is 0 Å². The summed E-state index contributed by atoms with van der Waals surface area (Å²) in [5.41, 5.74) is 1.96. The molecule has 0 atom stereocenters. The summed E-state index contributed by atoms with van der Waals surface area (Å²) in [4.78, 5) is 20.5. The molecule has 1 aromatic rings. The number of rotatable bonds is 4. The highest BCUT2D eigenvalue weighted by Crippen LogP contribution is 2.36. The number of benzene rings is 1. The Hall–Kier alpha value is -2.64. The number of nitro benzene ring substituents is 1. The van der Waals surface area contributed by atoms with Crippen LogP contribution in [-0.4, -0.2) is 29.3 Å². The lowest BCUT2D eigenvalue weighted by molar-refractivity contribution is -0.386. The van der Waals surface area contributed by atoms with E-state index in [0.29, 0.717) is 5.56 Å². The highest BCUT2D eigenvalue weighted by Gasteiger charge is 2.19. The Morgan fingerprint density at radius 1 is 1.61 bits per heavy atom. The van der Waals surface area contributed by atoms with Crippen molar-refractivity contribution in [3.63, 3.8) is 0 Å². The number of hydrogen-bond acceptors (Lipinski definition) is 6. The number of hydrazone groups is 1. The molecule has 0 aliphatic heterocycles. The minimum atomic E-state index is -0.742. The summed E-state index contributed by atoms with van der Waals surface area (Å²) in [7, 11) is 1.27. The standard InChI is InChI=1S/C10H11N3O5/c1-6(14)12-11-5-7-3-8(13(16)17)10(15)9(4-7)18-2/h3-5,15H,1-2H3,(H,12,14)/b11-5+. The van der Waals surface area contributed by atoms with Gasteiger partial charge in [-0.15, -0.1) is 0 Å². The molecule has 0 saturated heterocycles. The Balaban J connectivity index is 3.13. The van der Waals surface area contributed by atoms with E-state index < -0.39 is 16.4 Å². The van der Waals surface area contributed by atoms with Gasteiger partial charge in [0.2, 0.25) is 11.7 Å². The highest BCUT2D eigenvalue weighted by atomic mass is 16.6. The third kappa shape index (κ3) is 3.17. The van der Waals surface area contributed by atoms with Gasteiger partial charge in [-0.05, 0) is 6.07 Å². The first-order valence-corrected chi connectivity index (χ1v) is 4.80.